The number of unbranched alkanes of at least 4 members (excludes halogenated alkanes) is 1. The lowest BCUT2D eigenvalue weighted by molar-refractivity contribution is 0.798. The largest absolute Gasteiger partial charge is 0.354 e. The molecule has 0 spiro atoms. The maximum absolute atomic E-state index is 3.71. The summed E-state index contributed by atoms with van der Waals surface area (Å²) < 4.78 is 0. The van der Waals surface area contributed by atoms with Gasteiger partial charge in [0.05, 0.1) is 0 Å². The van der Waals surface area contributed by atoms with Gasteiger partial charge in [-0.25, -0.2) is 0 Å². The number of rotatable bonds is 4. The van der Waals surface area contributed by atoms with E-state index in [0.717, 1.165) is 6.42 Å². The average molecular weight is 400 g/mol. The summed E-state index contributed by atoms with van der Waals surface area (Å²) in [5, 5.41) is 7.87. The molecule has 0 aliphatic rings. The minimum absolute atomic E-state index is 1.09. The summed E-state index contributed by atoms with van der Waals surface area (Å²) in [5.74, 6) is 0. The Morgan fingerprint density at radius 1 is 0.645 bits per heavy atom. The molecule has 0 amide bonds. The molecule has 1 heteroatoms. The number of aryl methyl sites for hydroxylation is 1. The molecule has 6 rings (SSSR count). The van der Waals surface area contributed by atoms with E-state index in [1.165, 1.54) is 72.9 Å². The molecule has 0 radical (unpaired) electrons. The minimum atomic E-state index is 1.09. The van der Waals surface area contributed by atoms with Crippen LogP contribution in [0.25, 0.3) is 54.5 Å². The molecule has 0 aliphatic carbocycles. The van der Waals surface area contributed by atoms with Crippen LogP contribution in [0, 0.1) is 0 Å². The zero-order valence-corrected chi connectivity index (χ0v) is 17.8. The van der Waals surface area contributed by atoms with E-state index in [-0.39, 0.29) is 0 Å². The fraction of sp³-hybridized carbons (Fsp3) is 0.133. The smallest absolute Gasteiger partial charge is 0.0497 e. The van der Waals surface area contributed by atoms with Crippen LogP contribution in [-0.4, -0.2) is 4.98 Å². The number of hydrogen-bond acceptors (Lipinski definition) is 0. The second-order valence-corrected chi connectivity index (χ2v) is 8.53. The first kappa shape index (κ1) is 18.2. The number of para-hydroxylation sites is 1. The van der Waals surface area contributed by atoms with Crippen molar-refractivity contribution in [2.45, 2.75) is 26.2 Å². The lowest BCUT2D eigenvalue weighted by atomic mass is 9.89. The van der Waals surface area contributed by atoms with Crippen molar-refractivity contribution in [2.75, 3.05) is 0 Å². The van der Waals surface area contributed by atoms with Crippen molar-refractivity contribution in [3.8, 4) is 11.1 Å². The zero-order chi connectivity index (χ0) is 20.8. The van der Waals surface area contributed by atoms with Crippen molar-refractivity contribution in [3.63, 3.8) is 0 Å². The number of H-pyrrole nitrogens is 1. The normalized spacial score (nSPS) is 11.8. The van der Waals surface area contributed by atoms with Gasteiger partial charge in [-0.15, -0.1) is 0 Å². The fourth-order valence-electron chi connectivity index (χ4n) is 5.06. The first-order chi connectivity index (χ1) is 15.3. The maximum Gasteiger partial charge on any atom is 0.0497 e. The summed E-state index contributed by atoms with van der Waals surface area (Å²) in [6.45, 7) is 2.27. The lowest BCUT2D eigenvalue weighted by Gasteiger charge is -2.14. The van der Waals surface area contributed by atoms with E-state index in [9.17, 15) is 0 Å². The molecule has 5 aromatic carbocycles. The number of benzene rings is 5. The molecule has 1 nitrogen and oxygen atoms in total. The second-order valence-electron chi connectivity index (χ2n) is 8.53. The Kier molecular flexibility index (Phi) is 4.28. The number of aromatic amines is 1. The van der Waals surface area contributed by atoms with Crippen LogP contribution in [-0.2, 0) is 6.42 Å². The molecule has 0 aliphatic heterocycles. The van der Waals surface area contributed by atoms with Crippen LogP contribution in [0.5, 0.6) is 0 Å². The van der Waals surface area contributed by atoms with Crippen molar-refractivity contribution in [1.82, 2.24) is 4.98 Å². The first-order valence-corrected chi connectivity index (χ1v) is 11.3. The summed E-state index contributed by atoms with van der Waals surface area (Å²) in [6, 6.07) is 33.4. The van der Waals surface area contributed by atoms with Crippen LogP contribution in [0.15, 0.2) is 91.0 Å². The molecule has 6 aromatic rings. The Hall–Kier alpha value is -3.58. The fourth-order valence-corrected chi connectivity index (χ4v) is 5.06. The van der Waals surface area contributed by atoms with Gasteiger partial charge in [0.1, 0.15) is 0 Å². The third kappa shape index (κ3) is 2.92. The molecule has 31 heavy (non-hydrogen) atoms. The van der Waals surface area contributed by atoms with Crippen molar-refractivity contribution >= 4 is 43.4 Å². The molecular weight excluding hydrogens is 374 g/mol. The van der Waals surface area contributed by atoms with E-state index in [4.69, 9.17) is 0 Å². The van der Waals surface area contributed by atoms with Crippen molar-refractivity contribution in [2.24, 2.45) is 0 Å². The standard InChI is InChI=1S/C30H25N/c1-2-3-10-22-18-23(19-27-26-15-8-9-16-28(26)31-30(22)27)29-24-13-6-4-11-20(24)17-21-12-5-7-14-25(21)29/h4-9,11-19,31H,2-3,10H2,1H3. The van der Waals surface area contributed by atoms with Crippen LogP contribution in [0.2, 0.25) is 0 Å². The zero-order valence-electron chi connectivity index (χ0n) is 17.8. The van der Waals surface area contributed by atoms with Crippen LogP contribution in [0.1, 0.15) is 25.3 Å². The minimum Gasteiger partial charge on any atom is -0.354 e. The Morgan fingerprint density at radius 2 is 1.29 bits per heavy atom. The van der Waals surface area contributed by atoms with Gasteiger partial charge < -0.3 is 4.98 Å². The number of hydrogen-bond donors (Lipinski definition) is 1. The van der Waals surface area contributed by atoms with E-state index in [0.29, 0.717) is 0 Å². The summed E-state index contributed by atoms with van der Waals surface area (Å²) in [6.07, 6.45) is 3.49. The van der Waals surface area contributed by atoms with Crippen LogP contribution < -0.4 is 0 Å². The van der Waals surface area contributed by atoms with Gasteiger partial charge in [0, 0.05) is 21.8 Å². The number of aromatic nitrogens is 1. The lowest BCUT2D eigenvalue weighted by Crippen LogP contribution is -1.91. The van der Waals surface area contributed by atoms with Gasteiger partial charge in [-0.1, -0.05) is 80.1 Å². The van der Waals surface area contributed by atoms with Gasteiger partial charge in [-0.05, 0) is 75.3 Å². The Morgan fingerprint density at radius 3 is 2.00 bits per heavy atom. The van der Waals surface area contributed by atoms with Crippen molar-refractivity contribution in [3.05, 3.63) is 96.6 Å². The third-order valence-corrected chi connectivity index (χ3v) is 6.56. The molecule has 0 atom stereocenters. The third-order valence-electron chi connectivity index (χ3n) is 6.56. The Labute approximate surface area is 182 Å². The quantitative estimate of drug-likeness (QED) is 0.285. The molecule has 1 N–H and O–H groups in total. The van der Waals surface area contributed by atoms with Gasteiger partial charge in [-0.2, -0.15) is 0 Å². The molecule has 0 fully saturated rings. The molecule has 0 bridgehead atoms. The van der Waals surface area contributed by atoms with Gasteiger partial charge >= 0.3 is 0 Å². The van der Waals surface area contributed by atoms with Gasteiger partial charge in [0.25, 0.3) is 0 Å². The van der Waals surface area contributed by atoms with Crippen LogP contribution in [0.3, 0.4) is 0 Å². The molecular formula is C30H25N. The van der Waals surface area contributed by atoms with Crippen molar-refractivity contribution in [1.29, 1.82) is 0 Å². The predicted molar refractivity (Wildman–Crippen MR) is 135 cm³/mol. The second kappa shape index (κ2) is 7.28. The van der Waals surface area contributed by atoms with E-state index in [1.807, 2.05) is 0 Å². The molecule has 0 saturated carbocycles. The number of fused-ring (bicyclic) bond motifs is 5. The molecule has 0 saturated heterocycles. The highest BCUT2D eigenvalue weighted by molar-refractivity contribution is 6.15. The van der Waals surface area contributed by atoms with Crippen LogP contribution >= 0.6 is 0 Å². The molecule has 1 aromatic heterocycles. The monoisotopic (exact) mass is 399 g/mol. The molecule has 0 unspecified atom stereocenters. The molecule has 150 valence electrons. The van der Waals surface area contributed by atoms with Gasteiger partial charge in [0.15, 0.2) is 0 Å². The van der Waals surface area contributed by atoms with E-state index in [2.05, 4.69) is 103 Å². The SMILES string of the molecule is CCCCc1cc(-c2c3ccccc3cc3ccccc23)cc2c1[nH]c1ccccc12. The highest BCUT2D eigenvalue weighted by Gasteiger charge is 2.15. The van der Waals surface area contributed by atoms with Crippen LogP contribution in [0.4, 0.5) is 0 Å². The summed E-state index contributed by atoms with van der Waals surface area (Å²) in [5.41, 5.74) is 6.59. The van der Waals surface area contributed by atoms with Gasteiger partial charge in [0.2, 0.25) is 0 Å². The maximum atomic E-state index is 3.71. The Balaban J connectivity index is 1.75. The van der Waals surface area contributed by atoms with Gasteiger partial charge in [-0.3, -0.25) is 0 Å². The topological polar surface area (TPSA) is 15.8 Å². The van der Waals surface area contributed by atoms with E-state index >= 15 is 0 Å². The Bertz CT molecular complexity index is 1510. The highest BCUT2D eigenvalue weighted by atomic mass is 14.7. The predicted octanol–water partition coefficient (Wildman–Crippen LogP) is 8.64. The first-order valence-electron chi connectivity index (χ1n) is 11.3. The van der Waals surface area contributed by atoms with Crippen molar-refractivity contribution < 1.29 is 0 Å². The van der Waals surface area contributed by atoms with E-state index < -0.39 is 0 Å². The summed E-state index contributed by atoms with van der Waals surface area (Å²) >= 11 is 0. The highest BCUT2D eigenvalue weighted by Crippen LogP contribution is 2.40. The summed E-state index contributed by atoms with van der Waals surface area (Å²) in [7, 11) is 0. The summed E-state index contributed by atoms with van der Waals surface area (Å²) in [4.78, 5) is 3.71. The van der Waals surface area contributed by atoms with E-state index in [1.54, 1.807) is 0 Å². The average Bonchev–Trinajstić information content (AvgIpc) is 3.20. The number of nitrogens with one attached hydrogen (secondary N) is 1. The molecule has 1 heterocycles.